The summed E-state index contributed by atoms with van der Waals surface area (Å²) in [5.74, 6) is -1.63. The first-order valence-electron chi connectivity index (χ1n) is 3.20. The third kappa shape index (κ3) is 4.21. The Bertz CT molecular complexity index is 113. The standard InChI is InChI=1S/C6H12F3NO/c1-10(2)3-5(4-11)6(7,8)9/h5,11H,3-4H2,1-2H3. The molecule has 0 aliphatic carbocycles. The van der Waals surface area contributed by atoms with E-state index in [1.165, 1.54) is 19.0 Å². The Balaban J connectivity index is 3.96. The zero-order chi connectivity index (χ0) is 9.07. The summed E-state index contributed by atoms with van der Waals surface area (Å²) in [7, 11) is 3.07. The highest BCUT2D eigenvalue weighted by Gasteiger charge is 2.38. The van der Waals surface area contributed by atoms with E-state index < -0.39 is 18.7 Å². The maximum Gasteiger partial charge on any atom is 0.395 e. The molecule has 1 N–H and O–H groups in total. The van der Waals surface area contributed by atoms with E-state index in [1.54, 1.807) is 0 Å². The van der Waals surface area contributed by atoms with Gasteiger partial charge in [0.25, 0.3) is 0 Å². The molecule has 0 aromatic carbocycles. The lowest BCUT2D eigenvalue weighted by Crippen LogP contribution is -2.35. The molecule has 1 atom stereocenters. The van der Waals surface area contributed by atoms with E-state index in [9.17, 15) is 13.2 Å². The van der Waals surface area contributed by atoms with Crippen LogP contribution >= 0.6 is 0 Å². The molecule has 0 aromatic heterocycles. The zero-order valence-corrected chi connectivity index (χ0v) is 6.52. The van der Waals surface area contributed by atoms with Gasteiger partial charge in [0, 0.05) is 6.54 Å². The van der Waals surface area contributed by atoms with Gasteiger partial charge in [-0.15, -0.1) is 0 Å². The van der Waals surface area contributed by atoms with Gasteiger partial charge >= 0.3 is 6.18 Å². The third-order valence-corrected chi connectivity index (χ3v) is 1.27. The monoisotopic (exact) mass is 171 g/mol. The predicted octanol–water partition coefficient (Wildman–Crippen LogP) is 0.719. The average molecular weight is 171 g/mol. The molecular formula is C6H12F3NO. The highest BCUT2D eigenvalue weighted by molar-refractivity contribution is 4.68. The second-order valence-corrected chi connectivity index (χ2v) is 2.68. The largest absolute Gasteiger partial charge is 0.396 e. The smallest absolute Gasteiger partial charge is 0.395 e. The van der Waals surface area contributed by atoms with Crippen LogP contribution in [0.2, 0.25) is 0 Å². The van der Waals surface area contributed by atoms with Crippen molar-refractivity contribution in [2.45, 2.75) is 6.18 Å². The van der Waals surface area contributed by atoms with Crippen molar-refractivity contribution in [3.63, 3.8) is 0 Å². The molecule has 2 nitrogen and oxygen atoms in total. The van der Waals surface area contributed by atoms with E-state index in [-0.39, 0.29) is 6.54 Å². The lowest BCUT2D eigenvalue weighted by atomic mass is 10.1. The molecule has 0 amide bonds. The molecule has 0 radical (unpaired) electrons. The van der Waals surface area contributed by atoms with E-state index in [4.69, 9.17) is 5.11 Å². The summed E-state index contributed by atoms with van der Waals surface area (Å²) in [6, 6.07) is 0. The van der Waals surface area contributed by atoms with Crippen molar-refractivity contribution in [2.24, 2.45) is 5.92 Å². The summed E-state index contributed by atoms with van der Waals surface area (Å²) >= 11 is 0. The zero-order valence-electron chi connectivity index (χ0n) is 6.52. The minimum Gasteiger partial charge on any atom is -0.396 e. The minimum absolute atomic E-state index is 0.167. The van der Waals surface area contributed by atoms with Crippen LogP contribution in [-0.2, 0) is 0 Å². The first-order chi connectivity index (χ1) is 4.88. The number of hydrogen-bond acceptors (Lipinski definition) is 2. The van der Waals surface area contributed by atoms with Crippen molar-refractivity contribution < 1.29 is 18.3 Å². The van der Waals surface area contributed by atoms with E-state index in [0.717, 1.165) is 0 Å². The third-order valence-electron chi connectivity index (χ3n) is 1.27. The molecule has 68 valence electrons. The Labute approximate surface area is 63.6 Å². The maximum atomic E-state index is 11.9. The van der Waals surface area contributed by atoms with Crippen LogP contribution < -0.4 is 0 Å². The van der Waals surface area contributed by atoms with Crippen molar-refractivity contribution in [1.82, 2.24) is 4.90 Å². The lowest BCUT2D eigenvalue weighted by Gasteiger charge is -2.21. The molecule has 0 aromatic rings. The fourth-order valence-corrected chi connectivity index (χ4v) is 0.706. The van der Waals surface area contributed by atoms with Gasteiger partial charge in [0.15, 0.2) is 0 Å². The van der Waals surface area contributed by atoms with E-state index in [2.05, 4.69) is 0 Å². The molecule has 0 heterocycles. The predicted molar refractivity (Wildman–Crippen MR) is 35.2 cm³/mol. The Hall–Kier alpha value is -0.290. The van der Waals surface area contributed by atoms with Crippen molar-refractivity contribution in [3.05, 3.63) is 0 Å². The van der Waals surface area contributed by atoms with Gasteiger partial charge in [0.1, 0.15) is 0 Å². The van der Waals surface area contributed by atoms with Crippen LogP contribution in [0.1, 0.15) is 0 Å². The summed E-state index contributed by atoms with van der Waals surface area (Å²) < 4.78 is 35.7. The number of halogens is 3. The number of nitrogens with zero attached hydrogens (tertiary/aromatic N) is 1. The number of rotatable bonds is 3. The first-order valence-corrected chi connectivity index (χ1v) is 3.20. The Morgan fingerprint density at radius 3 is 1.91 bits per heavy atom. The molecule has 0 fully saturated rings. The highest BCUT2D eigenvalue weighted by Crippen LogP contribution is 2.25. The van der Waals surface area contributed by atoms with Crippen molar-refractivity contribution in [1.29, 1.82) is 0 Å². The first kappa shape index (κ1) is 10.7. The molecule has 0 saturated carbocycles. The summed E-state index contributed by atoms with van der Waals surface area (Å²) in [4.78, 5) is 1.40. The van der Waals surface area contributed by atoms with Gasteiger partial charge in [0.2, 0.25) is 0 Å². The summed E-state index contributed by atoms with van der Waals surface area (Å²) in [5, 5.41) is 8.36. The summed E-state index contributed by atoms with van der Waals surface area (Å²) in [5.41, 5.74) is 0. The lowest BCUT2D eigenvalue weighted by molar-refractivity contribution is -0.186. The number of aliphatic hydroxyl groups excluding tert-OH is 1. The quantitative estimate of drug-likeness (QED) is 0.676. The maximum absolute atomic E-state index is 11.9. The van der Waals surface area contributed by atoms with Gasteiger partial charge in [-0.3, -0.25) is 0 Å². The molecule has 0 aliphatic heterocycles. The molecule has 1 unspecified atom stereocenters. The van der Waals surface area contributed by atoms with Gasteiger partial charge in [-0.25, -0.2) is 0 Å². The number of hydrogen-bond donors (Lipinski definition) is 1. The molecular weight excluding hydrogens is 159 g/mol. The van der Waals surface area contributed by atoms with Crippen molar-refractivity contribution >= 4 is 0 Å². The van der Waals surface area contributed by atoms with Crippen molar-refractivity contribution in [3.8, 4) is 0 Å². The second kappa shape index (κ2) is 3.92. The number of aliphatic hydroxyl groups is 1. The summed E-state index contributed by atoms with van der Waals surface area (Å²) in [6.45, 7) is -1.01. The highest BCUT2D eigenvalue weighted by atomic mass is 19.4. The SMILES string of the molecule is CN(C)CC(CO)C(F)(F)F. The van der Waals surface area contributed by atoms with Gasteiger partial charge < -0.3 is 10.0 Å². The Morgan fingerprint density at radius 2 is 1.82 bits per heavy atom. The van der Waals surface area contributed by atoms with Crippen LogP contribution in [0.5, 0.6) is 0 Å². The van der Waals surface area contributed by atoms with E-state index in [0.29, 0.717) is 0 Å². The Kier molecular flexibility index (Phi) is 3.82. The van der Waals surface area contributed by atoms with Crippen LogP contribution in [-0.4, -0.2) is 43.4 Å². The average Bonchev–Trinajstić information content (AvgIpc) is 1.79. The molecule has 11 heavy (non-hydrogen) atoms. The normalized spacial score (nSPS) is 15.5. The molecule has 0 spiro atoms. The summed E-state index contributed by atoms with van der Waals surface area (Å²) in [6.07, 6.45) is -4.29. The Morgan fingerprint density at radius 1 is 1.36 bits per heavy atom. The van der Waals surface area contributed by atoms with Crippen LogP contribution in [0, 0.1) is 5.92 Å². The van der Waals surface area contributed by atoms with Crippen molar-refractivity contribution in [2.75, 3.05) is 27.2 Å². The number of alkyl halides is 3. The fraction of sp³-hybridized carbons (Fsp3) is 1.00. The van der Waals surface area contributed by atoms with Gasteiger partial charge in [0.05, 0.1) is 12.5 Å². The van der Waals surface area contributed by atoms with Crippen LogP contribution in [0.3, 0.4) is 0 Å². The van der Waals surface area contributed by atoms with Crippen LogP contribution in [0.4, 0.5) is 13.2 Å². The topological polar surface area (TPSA) is 23.5 Å². The fourth-order valence-electron chi connectivity index (χ4n) is 0.706. The molecule has 0 aliphatic rings. The molecule has 0 bridgehead atoms. The molecule has 0 saturated heterocycles. The van der Waals surface area contributed by atoms with E-state index >= 15 is 0 Å². The second-order valence-electron chi connectivity index (χ2n) is 2.68. The van der Waals surface area contributed by atoms with Crippen LogP contribution in [0.15, 0.2) is 0 Å². The van der Waals surface area contributed by atoms with Gasteiger partial charge in [-0.1, -0.05) is 0 Å². The van der Waals surface area contributed by atoms with Gasteiger partial charge in [-0.2, -0.15) is 13.2 Å². The van der Waals surface area contributed by atoms with Gasteiger partial charge in [-0.05, 0) is 14.1 Å². The minimum atomic E-state index is -4.29. The van der Waals surface area contributed by atoms with E-state index in [1.807, 2.05) is 0 Å². The molecule has 5 heteroatoms. The molecule has 0 rings (SSSR count). The van der Waals surface area contributed by atoms with Crippen LogP contribution in [0.25, 0.3) is 0 Å².